The van der Waals surface area contributed by atoms with Crippen LogP contribution in [0.15, 0.2) is 0 Å². The normalized spacial score (nSPS) is 22.5. The third-order valence-electron chi connectivity index (χ3n) is 4.87. The van der Waals surface area contributed by atoms with Crippen molar-refractivity contribution in [1.82, 2.24) is 15.1 Å². The summed E-state index contributed by atoms with van der Waals surface area (Å²) in [6.45, 7) is 5.36. The fraction of sp³-hybridized carbons (Fsp3) is 0.882. The highest BCUT2D eigenvalue weighted by molar-refractivity contribution is 5.78. The fourth-order valence-corrected chi connectivity index (χ4v) is 3.52. The summed E-state index contributed by atoms with van der Waals surface area (Å²) in [6, 6.07) is 0.369. The molecule has 0 aromatic heterocycles. The van der Waals surface area contributed by atoms with E-state index in [0.29, 0.717) is 12.6 Å². The lowest BCUT2D eigenvalue weighted by Crippen LogP contribution is -2.43. The number of amides is 2. The van der Waals surface area contributed by atoms with Gasteiger partial charge in [-0.25, -0.2) is 0 Å². The zero-order valence-electron chi connectivity index (χ0n) is 14.0. The molecule has 5 heteroatoms. The average molecular weight is 309 g/mol. The first-order valence-corrected chi connectivity index (χ1v) is 8.92. The maximum atomic E-state index is 12.3. The summed E-state index contributed by atoms with van der Waals surface area (Å²) in [7, 11) is 0. The van der Waals surface area contributed by atoms with E-state index in [1.165, 1.54) is 32.1 Å². The highest BCUT2D eigenvalue weighted by Gasteiger charge is 2.20. The van der Waals surface area contributed by atoms with Crippen molar-refractivity contribution in [1.29, 1.82) is 0 Å². The Hall–Kier alpha value is -1.10. The second kappa shape index (κ2) is 9.13. The molecule has 1 aliphatic carbocycles. The minimum Gasteiger partial charge on any atom is -0.352 e. The van der Waals surface area contributed by atoms with Crippen molar-refractivity contribution in [2.45, 2.75) is 64.3 Å². The third kappa shape index (κ3) is 5.95. The van der Waals surface area contributed by atoms with Crippen LogP contribution >= 0.6 is 0 Å². The summed E-state index contributed by atoms with van der Waals surface area (Å²) in [5, 5.41) is 3.23. The lowest BCUT2D eigenvalue weighted by Gasteiger charge is -2.24. The summed E-state index contributed by atoms with van der Waals surface area (Å²) < 4.78 is 0. The van der Waals surface area contributed by atoms with Crippen LogP contribution in [0.2, 0.25) is 0 Å². The van der Waals surface area contributed by atoms with Gasteiger partial charge in [0, 0.05) is 39.1 Å². The van der Waals surface area contributed by atoms with E-state index in [1.54, 1.807) is 6.92 Å². The van der Waals surface area contributed by atoms with E-state index in [1.807, 2.05) is 4.90 Å². The molecule has 2 aliphatic rings. The van der Waals surface area contributed by atoms with E-state index in [4.69, 9.17) is 0 Å². The van der Waals surface area contributed by atoms with Crippen LogP contribution in [-0.4, -0.2) is 60.4 Å². The van der Waals surface area contributed by atoms with Crippen LogP contribution in [0.4, 0.5) is 0 Å². The number of nitrogens with one attached hydrogen (secondary N) is 1. The van der Waals surface area contributed by atoms with E-state index in [9.17, 15) is 9.59 Å². The molecule has 126 valence electrons. The molecule has 22 heavy (non-hydrogen) atoms. The van der Waals surface area contributed by atoms with Gasteiger partial charge in [-0.1, -0.05) is 32.1 Å². The van der Waals surface area contributed by atoms with Crippen molar-refractivity contribution in [3.63, 3.8) is 0 Å². The quantitative estimate of drug-likeness (QED) is 0.864. The van der Waals surface area contributed by atoms with Gasteiger partial charge in [-0.3, -0.25) is 14.5 Å². The molecule has 2 rings (SSSR count). The first kappa shape index (κ1) is 17.3. The summed E-state index contributed by atoms with van der Waals surface area (Å²) in [4.78, 5) is 27.8. The number of rotatable bonds is 3. The van der Waals surface area contributed by atoms with Gasteiger partial charge in [-0.15, -0.1) is 0 Å². The van der Waals surface area contributed by atoms with Gasteiger partial charge in [0.25, 0.3) is 0 Å². The molecule has 0 unspecified atom stereocenters. The van der Waals surface area contributed by atoms with Crippen LogP contribution in [0, 0.1) is 0 Å². The average Bonchev–Trinajstić information content (AvgIpc) is 2.67. The molecule has 0 spiro atoms. The molecule has 1 aliphatic heterocycles. The van der Waals surface area contributed by atoms with Gasteiger partial charge in [0.15, 0.2) is 0 Å². The van der Waals surface area contributed by atoms with Crippen molar-refractivity contribution in [3.05, 3.63) is 0 Å². The monoisotopic (exact) mass is 309 g/mol. The van der Waals surface area contributed by atoms with E-state index < -0.39 is 0 Å². The Labute approximate surface area is 134 Å². The van der Waals surface area contributed by atoms with Gasteiger partial charge in [0.1, 0.15) is 0 Å². The standard InChI is InChI=1S/C17H31N3O2/c1-15(21)20-11-7-10-19(12-13-20)14-17(22)18-16-8-5-3-2-4-6-9-16/h16H,2-14H2,1H3,(H,18,22). The molecule has 0 atom stereocenters. The predicted molar refractivity (Wildman–Crippen MR) is 87.6 cm³/mol. The Morgan fingerprint density at radius 2 is 1.59 bits per heavy atom. The molecule has 1 saturated heterocycles. The van der Waals surface area contributed by atoms with E-state index >= 15 is 0 Å². The number of carbonyl (C=O) groups excluding carboxylic acids is 2. The number of nitrogens with zero attached hydrogens (tertiary/aromatic N) is 2. The lowest BCUT2D eigenvalue weighted by molar-refractivity contribution is -0.128. The van der Waals surface area contributed by atoms with Crippen LogP contribution in [0.1, 0.15) is 58.3 Å². The second-order valence-electron chi connectivity index (χ2n) is 6.75. The van der Waals surface area contributed by atoms with Gasteiger partial charge in [-0.2, -0.15) is 0 Å². The summed E-state index contributed by atoms with van der Waals surface area (Å²) in [5.74, 6) is 0.294. The van der Waals surface area contributed by atoms with Gasteiger partial charge < -0.3 is 10.2 Å². The molecule has 0 aromatic rings. The van der Waals surface area contributed by atoms with Crippen LogP contribution in [0.3, 0.4) is 0 Å². The van der Waals surface area contributed by atoms with Crippen molar-refractivity contribution in [2.75, 3.05) is 32.7 Å². The number of hydrogen-bond acceptors (Lipinski definition) is 3. The van der Waals surface area contributed by atoms with E-state index in [0.717, 1.165) is 45.4 Å². The molecule has 1 saturated carbocycles. The zero-order valence-corrected chi connectivity index (χ0v) is 14.0. The van der Waals surface area contributed by atoms with Gasteiger partial charge in [-0.05, 0) is 19.3 Å². The molecule has 1 heterocycles. The number of carbonyl (C=O) groups is 2. The summed E-state index contributed by atoms with van der Waals surface area (Å²) >= 11 is 0. The predicted octanol–water partition coefficient (Wildman–Crippen LogP) is 1.77. The molecular formula is C17H31N3O2. The minimum absolute atomic E-state index is 0.140. The van der Waals surface area contributed by atoms with Crippen LogP contribution in [-0.2, 0) is 9.59 Å². The smallest absolute Gasteiger partial charge is 0.234 e. The Kier molecular flexibility index (Phi) is 7.16. The lowest BCUT2D eigenvalue weighted by atomic mass is 9.97. The van der Waals surface area contributed by atoms with Crippen LogP contribution in [0.25, 0.3) is 0 Å². The Morgan fingerprint density at radius 3 is 2.27 bits per heavy atom. The molecule has 0 radical (unpaired) electrons. The highest BCUT2D eigenvalue weighted by Crippen LogP contribution is 2.17. The Morgan fingerprint density at radius 1 is 0.909 bits per heavy atom. The zero-order chi connectivity index (χ0) is 15.8. The third-order valence-corrected chi connectivity index (χ3v) is 4.87. The van der Waals surface area contributed by atoms with Gasteiger partial charge >= 0.3 is 0 Å². The SMILES string of the molecule is CC(=O)N1CCCN(CC(=O)NC2CCCCCCC2)CC1. The minimum atomic E-state index is 0.140. The first-order chi connectivity index (χ1) is 10.6. The van der Waals surface area contributed by atoms with Crippen molar-refractivity contribution >= 4 is 11.8 Å². The first-order valence-electron chi connectivity index (χ1n) is 8.92. The van der Waals surface area contributed by atoms with E-state index in [-0.39, 0.29) is 11.8 Å². The topological polar surface area (TPSA) is 52.7 Å². The van der Waals surface area contributed by atoms with Gasteiger partial charge in [0.2, 0.25) is 11.8 Å². The Balaban J connectivity index is 1.72. The molecule has 2 fully saturated rings. The fourth-order valence-electron chi connectivity index (χ4n) is 3.52. The van der Waals surface area contributed by atoms with Crippen molar-refractivity contribution in [2.24, 2.45) is 0 Å². The summed E-state index contributed by atoms with van der Waals surface area (Å²) in [6.07, 6.45) is 9.65. The van der Waals surface area contributed by atoms with Crippen LogP contribution < -0.4 is 5.32 Å². The molecule has 0 bridgehead atoms. The second-order valence-corrected chi connectivity index (χ2v) is 6.75. The summed E-state index contributed by atoms with van der Waals surface area (Å²) in [5.41, 5.74) is 0. The molecule has 2 amide bonds. The Bertz CT molecular complexity index is 365. The van der Waals surface area contributed by atoms with Crippen LogP contribution in [0.5, 0.6) is 0 Å². The molecular weight excluding hydrogens is 278 g/mol. The van der Waals surface area contributed by atoms with E-state index in [2.05, 4.69) is 10.2 Å². The molecule has 0 aromatic carbocycles. The maximum Gasteiger partial charge on any atom is 0.234 e. The number of hydrogen-bond donors (Lipinski definition) is 1. The van der Waals surface area contributed by atoms with Crippen molar-refractivity contribution < 1.29 is 9.59 Å². The maximum absolute atomic E-state index is 12.3. The highest BCUT2D eigenvalue weighted by atomic mass is 16.2. The molecule has 1 N–H and O–H groups in total. The molecule has 5 nitrogen and oxygen atoms in total. The van der Waals surface area contributed by atoms with Crippen molar-refractivity contribution in [3.8, 4) is 0 Å². The van der Waals surface area contributed by atoms with Gasteiger partial charge in [0.05, 0.1) is 6.54 Å². The largest absolute Gasteiger partial charge is 0.352 e.